The van der Waals surface area contributed by atoms with Gasteiger partial charge in [-0.1, -0.05) is 50.1 Å². The van der Waals surface area contributed by atoms with Gasteiger partial charge in [-0.3, -0.25) is 9.59 Å². The number of carbonyl (C=O) groups excluding carboxylic acids is 3. The number of carboxylic acids is 1. The van der Waals surface area contributed by atoms with Crippen LogP contribution in [0.2, 0.25) is 0 Å². The summed E-state index contributed by atoms with van der Waals surface area (Å²) in [5.41, 5.74) is 2.32. The van der Waals surface area contributed by atoms with Crippen molar-refractivity contribution in [3.05, 3.63) is 87.8 Å². The molecule has 1 unspecified atom stereocenters. The van der Waals surface area contributed by atoms with E-state index in [1.165, 1.54) is 36.3 Å². The second-order valence-corrected chi connectivity index (χ2v) is 13.0. The smallest absolute Gasteiger partial charge is 0.341 e. The van der Waals surface area contributed by atoms with E-state index in [-0.39, 0.29) is 17.0 Å². The standard InChI is InChI=1S/C34H34N2O6S2/c1-3-26(31(38)36-32-29(34(41)42-2)23-15-6-4-5-7-18-27(23)44-32)43-22-14-10-13-21(19-22)35-30(37)24-16-8-11-20-12-9-17-25(28(20)24)33(39)40/h8-14,16-17,19,26H,3-7,15,18H2,1-2H3,(H,35,37)(H,36,38)(H,39,40). The number of benzene rings is 3. The van der Waals surface area contributed by atoms with Crippen molar-refractivity contribution in [2.24, 2.45) is 0 Å². The SMILES string of the molecule is CCC(Sc1cccc(NC(=O)c2cccc3cccc(C(=O)O)c23)c1)C(=O)Nc1sc2c(c1C(=O)OC)CCCCCC2. The molecule has 2 amide bonds. The van der Waals surface area contributed by atoms with Crippen LogP contribution in [0, 0.1) is 0 Å². The number of methoxy groups -OCH3 is 1. The molecule has 4 aromatic rings. The maximum atomic E-state index is 13.5. The van der Waals surface area contributed by atoms with Crippen LogP contribution in [-0.4, -0.2) is 41.2 Å². The number of aryl methyl sites for hydroxylation is 1. The first-order chi connectivity index (χ1) is 21.3. The van der Waals surface area contributed by atoms with Crippen LogP contribution >= 0.6 is 23.1 Å². The van der Waals surface area contributed by atoms with E-state index in [1.807, 2.05) is 13.0 Å². The number of thiophene rings is 1. The van der Waals surface area contributed by atoms with Crippen LogP contribution in [0.15, 0.2) is 65.6 Å². The van der Waals surface area contributed by atoms with Crippen LogP contribution in [0.1, 0.15) is 80.5 Å². The van der Waals surface area contributed by atoms with Crippen LogP contribution in [0.4, 0.5) is 10.7 Å². The molecule has 1 heterocycles. The Bertz CT molecular complexity index is 1730. The molecule has 228 valence electrons. The molecule has 3 aromatic carbocycles. The largest absolute Gasteiger partial charge is 0.478 e. The zero-order valence-electron chi connectivity index (χ0n) is 24.6. The molecule has 3 N–H and O–H groups in total. The number of rotatable bonds is 9. The van der Waals surface area contributed by atoms with Crippen molar-refractivity contribution in [3.63, 3.8) is 0 Å². The minimum Gasteiger partial charge on any atom is -0.478 e. The predicted octanol–water partition coefficient (Wildman–Crippen LogP) is 7.81. The Morgan fingerprint density at radius 1 is 0.932 bits per heavy atom. The first-order valence-corrected chi connectivity index (χ1v) is 16.4. The van der Waals surface area contributed by atoms with Gasteiger partial charge in [0.25, 0.3) is 5.91 Å². The molecule has 0 saturated carbocycles. The molecule has 10 heteroatoms. The number of anilines is 2. The van der Waals surface area contributed by atoms with Crippen LogP contribution in [0.3, 0.4) is 0 Å². The molecule has 8 nitrogen and oxygen atoms in total. The summed E-state index contributed by atoms with van der Waals surface area (Å²) in [6.07, 6.45) is 6.57. The molecule has 0 fully saturated rings. The lowest BCUT2D eigenvalue weighted by Crippen LogP contribution is -2.25. The molecule has 1 atom stereocenters. The Balaban J connectivity index is 1.33. The number of carbonyl (C=O) groups is 4. The van der Waals surface area contributed by atoms with E-state index >= 15 is 0 Å². The number of hydrogen-bond donors (Lipinski definition) is 3. The Morgan fingerprint density at radius 3 is 2.34 bits per heavy atom. The Morgan fingerprint density at radius 2 is 1.64 bits per heavy atom. The second-order valence-electron chi connectivity index (χ2n) is 10.6. The molecule has 1 aromatic heterocycles. The highest BCUT2D eigenvalue weighted by Gasteiger charge is 2.28. The van der Waals surface area contributed by atoms with Gasteiger partial charge >= 0.3 is 11.9 Å². The fraction of sp³-hybridized carbons (Fsp3) is 0.294. The maximum Gasteiger partial charge on any atom is 0.341 e. The average molecular weight is 631 g/mol. The fourth-order valence-corrected chi connectivity index (χ4v) is 7.85. The van der Waals surface area contributed by atoms with Crippen molar-refractivity contribution in [1.82, 2.24) is 0 Å². The number of esters is 1. The lowest BCUT2D eigenvalue weighted by molar-refractivity contribution is -0.115. The number of thioether (sulfide) groups is 1. The normalized spacial score (nSPS) is 13.7. The molecule has 0 aliphatic heterocycles. The molecule has 0 spiro atoms. The van der Waals surface area contributed by atoms with Gasteiger partial charge < -0.3 is 20.5 Å². The molecule has 1 aliphatic rings. The van der Waals surface area contributed by atoms with Crippen LogP contribution in [0.5, 0.6) is 0 Å². The number of fused-ring (bicyclic) bond motifs is 2. The molecule has 0 radical (unpaired) electrons. The Labute approximate surface area is 264 Å². The summed E-state index contributed by atoms with van der Waals surface area (Å²) in [7, 11) is 1.36. The fourth-order valence-electron chi connectivity index (χ4n) is 5.56. The third-order valence-electron chi connectivity index (χ3n) is 7.71. The monoisotopic (exact) mass is 630 g/mol. The lowest BCUT2D eigenvalue weighted by Gasteiger charge is -2.16. The maximum absolute atomic E-state index is 13.5. The van der Waals surface area contributed by atoms with Crippen LogP contribution < -0.4 is 10.6 Å². The predicted molar refractivity (Wildman–Crippen MR) is 175 cm³/mol. The van der Waals surface area contributed by atoms with Crippen molar-refractivity contribution in [1.29, 1.82) is 0 Å². The quantitative estimate of drug-likeness (QED) is 0.127. The first-order valence-electron chi connectivity index (χ1n) is 14.7. The Kier molecular flexibility index (Phi) is 10.0. The highest BCUT2D eigenvalue weighted by atomic mass is 32.2. The van der Waals surface area contributed by atoms with Crippen LogP contribution in [-0.2, 0) is 22.4 Å². The molecular formula is C34H34N2O6S2. The highest BCUT2D eigenvalue weighted by molar-refractivity contribution is 8.00. The average Bonchev–Trinajstić information content (AvgIpc) is 3.33. The van der Waals surface area contributed by atoms with Gasteiger partial charge in [-0.25, -0.2) is 9.59 Å². The lowest BCUT2D eigenvalue weighted by atomic mass is 9.96. The first kappa shape index (κ1) is 31.3. The second kappa shape index (κ2) is 14.1. The van der Waals surface area contributed by atoms with E-state index in [4.69, 9.17) is 4.74 Å². The van der Waals surface area contributed by atoms with E-state index < -0.39 is 23.1 Å². The molecule has 1 aliphatic carbocycles. The minimum absolute atomic E-state index is 0.0578. The van der Waals surface area contributed by atoms with Gasteiger partial charge in [-0.05, 0) is 73.4 Å². The number of carboxylic acid groups (broad SMARTS) is 1. The summed E-state index contributed by atoms with van der Waals surface area (Å²) in [5, 5.41) is 16.7. The van der Waals surface area contributed by atoms with Gasteiger partial charge in [0.1, 0.15) is 5.00 Å². The summed E-state index contributed by atoms with van der Waals surface area (Å²) in [6.45, 7) is 1.93. The summed E-state index contributed by atoms with van der Waals surface area (Å²) in [6, 6.07) is 17.2. The van der Waals surface area contributed by atoms with E-state index in [2.05, 4.69) is 10.6 Å². The molecule has 44 heavy (non-hydrogen) atoms. The molecule has 0 bridgehead atoms. The van der Waals surface area contributed by atoms with E-state index in [1.54, 1.807) is 48.5 Å². The number of hydrogen-bond acceptors (Lipinski definition) is 7. The van der Waals surface area contributed by atoms with Gasteiger partial charge in [0.15, 0.2) is 0 Å². The number of amides is 2. The van der Waals surface area contributed by atoms with E-state index in [9.17, 15) is 24.3 Å². The Hall–Kier alpha value is -4.15. The summed E-state index contributed by atoms with van der Waals surface area (Å²) >= 11 is 2.85. The van der Waals surface area contributed by atoms with Crippen molar-refractivity contribution < 1.29 is 29.0 Å². The summed E-state index contributed by atoms with van der Waals surface area (Å²) < 4.78 is 5.10. The van der Waals surface area contributed by atoms with Crippen LogP contribution in [0.25, 0.3) is 10.8 Å². The van der Waals surface area contributed by atoms with E-state index in [0.717, 1.165) is 53.9 Å². The third-order valence-corrected chi connectivity index (χ3v) is 10.3. The van der Waals surface area contributed by atoms with E-state index in [0.29, 0.717) is 33.4 Å². The van der Waals surface area contributed by atoms with Gasteiger partial charge in [0.05, 0.1) is 23.5 Å². The van der Waals surface area contributed by atoms with Gasteiger partial charge in [0, 0.05) is 26.4 Å². The molecule has 5 rings (SSSR count). The summed E-state index contributed by atoms with van der Waals surface area (Å²) in [5.74, 6) is -2.17. The molecule has 0 saturated heterocycles. The number of aromatic carboxylic acids is 1. The van der Waals surface area contributed by atoms with Gasteiger partial charge in [-0.2, -0.15) is 0 Å². The minimum atomic E-state index is -1.11. The zero-order valence-corrected chi connectivity index (χ0v) is 26.2. The molecular weight excluding hydrogens is 597 g/mol. The van der Waals surface area contributed by atoms with Crippen molar-refractivity contribution >= 4 is 68.3 Å². The zero-order chi connectivity index (χ0) is 31.2. The number of ether oxygens (including phenoxy) is 1. The third kappa shape index (κ3) is 6.81. The van der Waals surface area contributed by atoms with Gasteiger partial charge in [-0.15, -0.1) is 23.1 Å². The highest BCUT2D eigenvalue weighted by Crippen LogP contribution is 2.38. The number of nitrogens with one attached hydrogen (secondary N) is 2. The van der Waals surface area contributed by atoms with Crippen molar-refractivity contribution in [2.75, 3.05) is 17.7 Å². The summed E-state index contributed by atoms with van der Waals surface area (Å²) in [4.78, 5) is 53.4. The van der Waals surface area contributed by atoms with Crippen molar-refractivity contribution in [2.45, 2.75) is 62.0 Å². The van der Waals surface area contributed by atoms with Crippen molar-refractivity contribution in [3.8, 4) is 0 Å². The topological polar surface area (TPSA) is 122 Å². The van der Waals surface area contributed by atoms with Gasteiger partial charge in [0.2, 0.25) is 5.91 Å².